The molecule has 0 bridgehead atoms. The van der Waals surface area contributed by atoms with Gasteiger partial charge in [-0.25, -0.2) is 4.98 Å². The Bertz CT molecular complexity index is 1460. The molecule has 0 aliphatic carbocycles. The van der Waals surface area contributed by atoms with Crippen LogP contribution in [0.4, 0.5) is 0 Å². The van der Waals surface area contributed by atoms with E-state index in [4.69, 9.17) is 33.4 Å². The molecule has 1 aliphatic heterocycles. The first-order valence-electron chi connectivity index (χ1n) is 12.0. The van der Waals surface area contributed by atoms with Crippen molar-refractivity contribution in [3.63, 3.8) is 0 Å². The number of pyridine rings is 1. The number of rotatable bonds is 8. The first-order valence-corrected chi connectivity index (χ1v) is 12.0. The number of nitrogens with zero attached hydrogens (tertiary/aromatic N) is 1. The lowest BCUT2D eigenvalue weighted by molar-refractivity contribution is 0.157. The molecule has 5 rings (SSSR count). The van der Waals surface area contributed by atoms with Crippen molar-refractivity contribution in [3.05, 3.63) is 83.4 Å². The first kappa shape index (κ1) is 24.3. The lowest BCUT2D eigenvalue weighted by Gasteiger charge is -2.37. The maximum absolute atomic E-state index is 7.06. The molecule has 0 fully saturated rings. The topological polar surface area (TPSA) is 68.3 Å². The molecule has 0 saturated heterocycles. The van der Waals surface area contributed by atoms with E-state index in [0.717, 1.165) is 33.3 Å². The molecular formula is C30H29NO6. The highest BCUT2D eigenvalue weighted by Crippen LogP contribution is 2.50. The molecule has 2 heterocycles. The van der Waals surface area contributed by atoms with Crippen LogP contribution >= 0.6 is 0 Å². The van der Waals surface area contributed by atoms with E-state index in [1.54, 1.807) is 28.4 Å². The van der Waals surface area contributed by atoms with Crippen LogP contribution in [-0.4, -0.2) is 40.0 Å². The fourth-order valence-electron chi connectivity index (χ4n) is 4.63. The minimum atomic E-state index is -1.03. The monoisotopic (exact) mass is 499 g/mol. The van der Waals surface area contributed by atoms with Crippen LogP contribution in [0.2, 0.25) is 0 Å². The molecule has 7 nitrogen and oxygen atoms in total. The second-order valence-electron chi connectivity index (χ2n) is 8.44. The minimum absolute atomic E-state index is 0.477. The average molecular weight is 500 g/mol. The molecule has 1 aromatic heterocycles. The Kier molecular flexibility index (Phi) is 6.53. The summed E-state index contributed by atoms with van der Waals surface area (Å²) in [5.74, 6) is 3.92. The lowest BCUT2D eigenvalue weighted by atomic mass is 9.82. The summed E-state index contributed by atoms with van der Waals surface area (Å²) in [6, 6.07) is 19.2. The number of ether oxygens (including phenoxy) is 6. The SMILES string of the molecule is CCOc1nc2ccc(OC)cc2c2c1C=CC(c1ccc(OC)cc1)(c1ccc(OC)cc1OC)O2. The maximum Gasteiger partial charge on any atom is 0.225 e. The molecule has 1 aliphatic rings. The number of aromatic nitrogens is 1. The van der Waals surface area contributed by atoms with Crippen LogP contribution in [0.1, 0.15) is 23.6 Å². The number of hydrogen-bond acceptors (Lipinski definition) is 7. The van der Waals surface area contributed by atoms with Gasteiger partial charge in [-0.2, -0.15) is 0 Å². The van der Waals surface area contributed by atoms with Gasteiger partial charge in [-0.1, -0.05) is 12.1 Å². The molecule has 190 valence electrons. The van der Waals surface area contributed by atoms with Gasteiger partial charge in [0.05, 0.1) is 46.1 Å². The summed E-state index contributed by atoms with van der Waals surface area (Å²) in [5.41, 5.74) is 2.18. The number of hydrogen-bond donors (Lipinski definition) is 0. The fourth-order valence-corrected chi connectivity index (χ4v) is 4.63. The van der Waals surface area contributed by atoms with E-state index in [2.05, 4.69) is 0 Å². The molecular weight excluding hydrogens is 470 g/mol. The second-order valence-corrected chi connectivity index (χ2v) is 8.44. The highest BCUT2D eigenvalue weighted by Gasteiger charge is 2.41. The minimum Gasteiger partial charge on any atom is -0.497 e. The van der Waals surface area contributed by atoms with E-state index in [1.807, 2.05) is 79.7 Å². The van der Waals surface area contributed by atoms with Crippen LogP contribution in [0, 0.1) is 0 Å². The molecule has 3 aromatic carbocycles. The summed E-state index contributed by atoms with van der Waals surface area (Å²) in [6.45, 7) is 2.41. The molecule has 0 spiro atoms. The third kappa shape index (κ3) is 4.16. The van der Waals surface area contributed by atoms with Crippen LogP contribution in [0.3, 0.4) is 0 Å². The fraction of sp³-hybridized carbons (Fsp3) is 0.233. The molecule has 0 N–H and O–H groups in total. The van der Waals surface area contributed by atoms with Crippen LogP contribution < -0.4 is 28.4 Å². The summed E-state index contributed by atoms with van der Waals surface area (Å²) < 4.78 is 35.2. The van der Waals surface area contributed by atoms with Crippen molar-refractivity contribution in [2.45, 2.75) is 12.5 Å². The molecule has 37 heavy (non-hydrogen) atoms. The van der Waals surface area contributed by atoms with Gasteiger partial charge in [-0.05, 0) is 61.5 Å². The summed E-state index contributed by atoms with van der Waals surface area (Å²) >= 11 is 0. The van der Waals surface area contributed by atoms with Gasteiger partial charge in [0.2, 0.25) is 5.88 Å². The molecule has 4 aromatic rings. The zero-order valence-corrected chi connectivity index (χ0v) is 21.5. The maximum atomic E-state index is 7.06. The van der Waals surface area contributed by atoms with E-state index >= 15 is 0 Å². The van der Waals surface area contributed by atoms with E-state index < -0.39 is 5.60 Å². The highest BCUT2D eigenvalue weighted by molar-refractivity contribution is 5.92. The average Bonchev–Trinajstić information content (AvgIpc) is 2.96. The van der Waals surface area contributed by atoms with Crippen molar-refractivity contribution >= 4 is 17.0 Å². The summed E-state index contributed by atoms with van der Waals surface area (Å²) in [5, 5.41) is 0.813. The van der Waals surface area contributed by atoms with Gasteiger partial charge in [0.25, 0.3) is 0 Å². The summed E-state index contributed by atoms with van der Waals surface area (Å²) in [4.78, 5) is 4.76. The molecule has 1 atom stereocenters. The number of methoxy groups -OCH3 is 4. The van der Waals surface area contributed by atoms with Crippen molar-refractivity contribution in [1.82, 2.24) is 4.98 Å². The van der Waals surface area contributed by atoms with Gasteiger partial charge in [0, 0.05) is 22.6 Å². The van der Waals surface area contributed by atoms with Gasteiger partial charge in [-0.3, -0.25) is 0 Å². The Morgan fingerprint density at radius 2 is 1.46 bits per heavy atom. The molecule has 1 unspecified atom stereocenters. The Hall–Kier alpha value is -4.39. The Labute approximate surface area is 216 Å². The van der Waals surface area contributed by atoms with Crippen molar-refractivity contribution < 1.29 is 28.4 Å². The third-order valence-corrected chi connectivity index (χ3v) is 6.50. The van der Waals surface area contributed by atoms with E-state index in [-0.39, 0.29) is 0 Å². The van der Waals surface area contributed by atoms with Gasteiger partial charge in [-0.15, -0.1) is 0 Å². The zero-order chi connectivity index (χ0) is 26.0. The van der Waals surface area contributed by atoms with E-state index in [1.165, 1.54) is 0 Å². The normalized spacial score (nSPS) is 16.0. The van der Waals surface area contributed by atoms with Crippen LogP contribution in [0.15, 0.2) is 66.7 Å². The molecule has 0 amide bonds. The highest BCUT2D eigenvalue weighted by atomic mass is 16.5. The van der Waals surface area contributed by atoms with Crippen LogP contribution in [-0.2, 0) is 5.60 Å². The van der Waals surface area contributed by atoms with Crippen LogP contribution in [0.5, 0.6) is 34.6 Å². The Balaban J connectivity index is 1.80. The van der Waals surface area contributed by atoms with Crippen molar-refractivity contribution in [1.29, 1.82) is 0 Å². The predicted molar refractivity (Wildman–Crippen MR) is 142 cm³/mol. The molecule has 7 heteroatoms. The van der Waals surface area contributed by atoms with Crippen molar-refractivity contribution in [2.24, 2.45) is 0 Å². The number of benzene rings is 3. The molecule has 0 saturated carbocycles. The Morgan fingerprint density at radius 1 is 0.784 bits per heavy atom. The van der Waals surface area contributed by atoms with Gasteiger partial charge >= 0.3 is 0 Å². The van der Waals surface area contributed by atoms with Gasteiger partial charge in [0.15, 0.2) is 5.60 Å². The second kappa shape index (κ2) is 9.93. The number of fused-ring (bicyclic) bond motifs is 3. The van der Waals surface area contributed by atoms with Crippen LogP contribution in [0.25, 0.3) is 17.0 Å². The van der Waals surface area contributed by atoms with Gasteiger partial charge in [0.1, 0.15) is 28.7 Å². The van der Waals surface area contributed by atoms with Crippen molar-refractivity contribution in [3.8, 4) is 34.6 Å². The molecule has 0 radical (unpaired) electrons. The zero-order valence-electron chi connectivity index (χ0n) is 21.5. The Morgan fingerprint density at radius 3 is 2.14 bits per heavy atom. The standard InChI is InChI=1S/C30H29NO6/c1-6-36-29-23-15-16-30(19-7-9-20(32-2)10-8-19,25-13-11-22(34-4)18-27(25)35-5)37-28(23)24-17-21(33-3)12-14-26(24)31-29/h7-18H,6H2,1-5H3. The largest absolute Gasteiger partial charge is 0.497 e. The van der Waals surface area contributed by atoms with Gasteiger partial charge < -0.3 is 28.4 Å². The smallest absolute Gasteiger partial charge is 0.225 e. The first-order chi connectivity index (χ1) is 18.1. The third-order valence-electron chi connectivity index (χ3n) is 6.50. The van der Waals surface area contributed by atoms with Crippen molar-refractivity contribution in [2.75, 3.05) is 35.0 Å². The van der Waals surface area contributed by atoms with E-state index in [0.29, 0.717) is 35.5 Å². The summed E-state index contributed by atoms with van der Waals surface area (Å²) in [7, 11) is 6.55. The quantitative estimate of drug-likeness (QED) is 0.294. The van der Waals surface area contributed by atoms with E-state index in [9.17, 15) is 0 Å². The lowest BCUT2D eigenvalue weighted by Crippen LogP contribution is -2.35. The predicted octanol–water partition coefficient (Wildman–Crippen LogP) is 6.02. The summed E-state index contributed by atoms with van der Waals surface area (Å²) in [6.07, 6.45) is 4.02.